The minimum atomic E-state index is 0.485. The third-order valence-electron chi connectivity index (χ3n) is 2.80. The maximum absolute atomic E-state index is 5.27. The van der Waals surface area contributed by atoms with E-state index < -0.39 is 0 Å². The Kier molecular flexibility index (Phi) is 7.66. The van der Waals surface area contributed by atoms with Crippen molar-refractivity contribution in [2.45, 2.75) is 66.5 Å². The van der Waals surface area contributed by atoms with E-state index in [2.05, 4.69) is 59.1 Å². The van der Waals surface area contributed by atoms with Crippen molar-refractivity contribution in [3.05, 3.63) is 0 Å². The van der Waals surface area contributed by atoms with Gasteiger partial charge >= 0.3 is 0 Å². The molecule has 0 aromatic heterocycles. The van der Waals surface area contributed by atoms with Crippen LogP contribution < -0.4 is 0 Å². The molecule has 0 heterocycles. The summed E-state index contributed by atoms with van der Waals surface area (Å²) in [4.78, 5) is 2.29. The zero-order valence-corrected chi connectivity index (χ0v) is 13.2. The Bertz CT molecular complexity index is 198. The second-order valence-electron chi connectivity index (χ2n) is 5.65. The summed E-state index contributed by atoms with van der Waals surface area (Å²) in [6.45, 7) is 13.5. The molecule has 0 aliphatic rings. The zero-order chi connectivity index (χ0) is 12.9. The number of thiocarbonyl (C=S) groups is 1. The highest BCUT2D eigenvalue weighted by molar-refractivity contribution is 8.10. The Labute approximate surface area is 112 Å². The highest BCUT2D eigenvalue weighted by atomic mass is 32.1. The lowest BCUT2D eigenvalue weighted by Crippen LogP contribution is -2.43. The monoisotopic (exact) mass is 261 g/mol. The van der Waals surface area contributed by atoms with E-state index in [1.165, 1.54) is 12.8 Å². The van der Waals surface area contributed by atoms with Crippen LogP contribution in [0.15, 0.2) is 0 Å². The van der Waals surface area contributed by atoms with Crippen LogP contribution in [0.25, 0.3) is 0 Å². The van der Waals surface area contributed by atoms with Gasteiger partial charge in [-0.25, -0.2) is 0 Å². The van der Waals surface area contributed by atoms with Crippen LogP contribution in [0.1, 0.15) is 54.4 Å². The summed E-state index contributed by atoms with van der Waals surface area (Å²) in [6, 6.07) is 0.970. The predicted octanol–water partition coefficient (Wildman–Crippen LogP) is 4.37. The minimum absolute atomic E-state index is 0.485. The molecule has 0 N–H and O–H groups in total. The molecule has 0 fully saturated rings. The molecular formula is C13H27NS2. The van der Waals surface area contributed by atoms with Crippen LogP contribution in [0, 0.1) is 11.8 Å². The first-order valence-electron chi connectivity index (χ1n) is 6.26. The first kappa shape index (κ1) is 16.2. The van der Waals surface area contributed by atoms with E-state index in [-0.39, 0.29) is 0 Å². The van der Waals surface area contributed by atoms with Crippen LogP contribution in [-0.2, 0) is 0 Å². The maximum atomic E-state index is 5.27. The highest BCUT2D eigenvalue weighted by Gasteiger charge is 2.22. The molecule has 0 rings (SSSR count). The second-order valence-corrected chi connectivity index (χ2v) is 6.76. The van der Waals surface area contributed by atoms with Gasteiger partial charge in [-0.15, -0.1) is 12.6 Å². The van der Waals surface area contributed by atoms with Crippen LogP contribution in [-0.4, -0.2) is 21.3 Å². The van der Waals surface area contributed by atoms with Crippen LogP contribution in [0.5, 0.6) is 0 Å². The van der Waals surface area contributed by atoms with Gasteiger partial charge in [0.05, 0.1) is 0 Å². The molecule has 0 radical (unpaired) electrons. The molecule has 0 spiro atoms. The van der Waals surface area contributed by atoms with E-state index in [1.807, 2.05) is 0 Å². The molecule has 0 amide bonds. The van der Waals surface area contributed by atoms with Crippen molar-refractivity contribution >= 4 is 29.2 Å². The highest BCUT2D eigenvalue weighted by Crippen LogP contribution is 2.20. The molecule has 0 aliphatic carbocycles. The Hall–Kier alpha value is 0.240. The molecule has 2 atom stereocenters. The first-order valence-corrected chi connectivity index (χ1v) is 7.12. The standard InChI is InChI=1S/C13H27NS2/c1-9(2)7-11(5)14(13(15)16)12(6)8-10(3)4/h9-12H,7-8H2,1-6H3,(H,15,16)/t11-,12-/m0/s1. The Morgan fingerprint density at radius 1 is 0.938 bits per heavy atom. The van der Waals surface area contributed by atoms with Gasteiger partial charge < -0.3 is 4.90 Å². The average molecular weight is 262 g/mol. The van der Waals surface area contributed by atoms with Gasteiger partial charge in [-0.1, -0.05) is 39.9 Å². The van der Waals surface area contributed by atoms with Crippen molar-refractivity contribution in [2.24, 2.45) is 11.8 Å². The van der Waals surface area contributed by atoms with E-state index in [4.69, 9.17) is 12.2 Å². The predicted molar refractivity (Wildman–Crippen MR) is 81.3 cm³/mol. The number of hydrogen-bond donors (Lipinski definition) is 1. The summed E-state index contributed by atoms with van der Waals surface area (Å²) in [6.07, 6.45) is 2.34. The van der Waals surface area contributed by atoms with Gasteiger partial charge in [0.25, 0.3) is 0 Å². The van der Waals surface area contributed by atoms with Crippen molar-refractivity contribution in [1.82, 2.24) is 4.90 Å². The summed E-state index contributed by atoms with van der Waals surface area (Å²) in [7, 11) is 0. The Morgan fingerprint density at radius 2 is 1.25 bits per heavy atom. The number of rotatable bonds is 6. The quantitative estimate of drug-likeness (QED) is 0.558. The second kappa shape index (κ2) is 7.54. The van der Waals surface area contributed by atoms with Crippen molar-refractivity contribution in [3.63, 3.8) is 0 Å². The summed E-state index contributed by atoms with van der Waals surface area (Å²) < 4.78 is 0.737. The molecule has 0 aromatic rings. The first-order chi connectivity index (χ1) is 7.25. The minimum Gasteiger partial charge on any atom is -0.352 e. The van der Waals surface area contributed by atoms with Crippen LogP contribution in [0.2, 0.25) is 0 Å². The lowest BCUT2D eigenvalue weighted by molar-refractivity contribution is 0.219. The van der Waals surface area contributed by atoms with Gasteiger partial charge in [0.15, 0.2) is 0 Å². The van der Waals surface area contributed by atoms with Gasteiger partial charge in [-0.05, 0) is 38.5 Å². The maximum Gasteiger partial charge on any atom is 0.133 e. The van der Waals surface area contributed by atoms with Crippen molar-refractivity contribution in [1.29, 1.82) is 0 Å². The molecule has 1 nitrogen and oxygen atoms in total. The van der Waals surface area contributed by atoms with Crippen molar-refractivity contribution in [3.8, 4) is 0 Å². The molecule has 3 heteroatoms. The summed E-state index contributed by atoms with van der Waals surface area (Å²) in [5, 5.41) is 0. The van der Waals surface area contributed by atoms with E-state index in [0.29, 0.717) is 23.9 Å². The number of hydrogen-bond acceptors (Lipinski definition) is 1. The van der Waals surface area contributed by atoms with Crippen molar-refractivity contribution in [2.75, 3.05) is 0 Å². The molecule has 0 unspecified atom stereocenters. The summed E-state index contributed by atoms with van der Waals surface area (Å²) in [5.74, 6) is 1.40. The average Bonchev–Trinajstić information content (AvgIpc) is 1.98. The fourth-order valence-corrected chi connectivity index (χ4v) is 3.16. The Morgan fingerprint density at radius 3 is 1.44 bits per heavy atom. The molecule has 16 heavy (non-hydrogen) atoms. The fraction of sp³-hybridized carbons (Fsp3) is 0.923. The molecular weight excluding hydrogens is 234 g/mol. The normalized spacial score (nSPS) is 15.3. The van der Waals surface area contributed by atoms with Gasteiger partial charge in [-0.3, -0.25) is 0 Å². The Balaban J connectivity index is 4.53. The van der Waals surface area contributed by atoms with E-state index in [1.54, 1.807) is 0 Å². The lowest BCUT2D eigenvalue weighted by atomic mass is 9.99. The van der Waals surface area contributed by atoms with E-state index in [0.717, 1.165) is 4.32 Å². The van der Waals surface area contributed by atoms with E-state index >= 15 is 0 Å². The van der Waals surface area contributed by atoms with Gasteiger partial charge in [-0.2, -0.15) is 0 Å². The molecule has 0 saturated heterocycles. The fourth-order valence-electron chi connectivity index (χ4n) is 2.40. The molecule has 0 saturated carbocycles. The SMILES string of the molecule is CC(C)C[C@H](C)N(C(=S)S)[C@@H](C)CC(C)C. The number of nitrogens with zero attached hydrogens (tertiary/aromatic N) is 1. The topological polar surface area (TPSA) is 3.24 Å². The van der Waals surface area contributed by atoms with Crippen molar-refractivity contribution < 1.29 is 0 Å². The number of thiol groups is 1. The van der Waals surface area contributed by atoms with Gasteiger partial charge in [0, 0.05) is 12.1 Å². The summed E-state index contributed by atoms with van der Waals surface area (Å²) >= 11 is 9.64. The smallest absolute Gasteiger partial charge is 0.133 e. The summed E-state index contributed by atoms with van der Waals surface area (Å²) in [5.41, 5.74) is 0. The third kappa shape index (κ3) is 6.09. The van der Waals surface area contributed by atoms with Crippen LogP contribution in [0.3, 0.4) is 0 Å². The van der Waals surface area contributed by atoms with Crippen LogP contribution >= 0.6 is 24.8 Å². The molecule has 0 aromatic carbocycles. The lowest BCUT2D eigenvalue weighted by Gasteiger charge is -2.37. The third-order valence-corrected chi connectivity index (χ3v) is 3.24. The molecule has 0 aliphatic heterocycles. The van der Waals surface area contributed by atoms with Crippen LogP contribution in [0.4, 0.5) is 0 Å². The van der Waals surface area contributed by atoms with E-state index in [9.17, 15) is 0 Å². The molecule has 0 bridgehead atoms. The largest absolute Gasteiger partial charge is 0.352 e. The zero-order valence-electron chi connectivity index (χ0n) is 11.5. The molecule has 96 valence electrons. The van der Waals surface area contributed by atoms with Gasteiger partial charge in [0.1, 0.15) is 4.32 Å². The van der Waals surface area contributed by atoms with Gasteiger partial charge in [0.2, 0.25) is 0 Å².